The SMILES string of the molecule is Cc1ccc(-c2ccc3c(c2)P(=O)(c2cc(C)cc(C)c2)c2cc(C)cc4c2N3c2ccc(-c3ccc(C)cn3)cc2P4(=O)c2cc(C)cc(C)c2)nc1. The summed E-state index contributed by atoms with van der Waals surface area (Å²) in [6, 6.07) is 37.3. The first-order valence-electron chi connectivity index (χ1n) is 18.3. The van der Waals surface area contributed by atoms with Crippen LogP contribution in [0, 0.1) is 48.5 Å². The Balaban J connectivity index is 1.42. The lowest BCUT2D eigenvalue weighted by Gasteiger charge is -2.45. The van der Waals surface area contributed by atoms with E-state index in [2.05, 4.69) is 130 Å². The molecule has 7 aromatic rings. The summed E-state index contributed by atoms with van der Waals surface area (Å²) in [4.78, 5) is 11.8. The van der Waals surface area contributed by atoms with Gasteiger partial charge in [0.05, 0.1) is 28.5 Å². The highest BCUT2D eigenvalue weighted by Gasteiger charge is 2.50. The Hall–Kier alpha value is -5.34. The van der Waals surface area contributed by atoms with E-state index in [9.17, 15) is 0 Å². The second-order valence-electron chi connectivity index (χ2n) is 15.2. The summed E-state index contributed by atoms with van der Waals surface area (Å²) in [7, 11) is -7.14. The fourth-order valence-corrected chi connectivity index (χ4v) is 15.1. The van der Waals surface area contributed by atoms with E-state index in [4.69, 9.17) is 9.97 Å². The number of pyridine rings is 2. The second kappa shape index (κ2) is 12.4. The number of aryl methyl sites for hydroxylation is 7. The number of anilines is 3. The average Bonchev–Trinajstić information content (AvgIpc) is 3.14. The first-order valence-corrected chi connectivity index (χ1v) is 21.7. The van der Waals surface area contributed by atoms with Gasteiger partial charge in [0.15, 0.2) is 14.3 Å². The summed E-state index contributed by atoms with van der Waals surface area (Å²) < 4.78 is 33.4. The van der Waals surface area contributed by atoms with E-state index >= 15 is 9.13 Å². The maximum absolute atomic E-state index is 16.7. The van der Waals surface area contributed by atoms with Crippen LogP contribution in [-0.2, 0) is 9.13 Å². The van der Waals surface area contributed by atoms with Crippen molar-refractivity contribution >= 4 is 63.2 Å². The zero-order valence-electron chi connectivity index (χ0n) is 31.6. The molecular weight excluding hydrogens is 700 g/mol. The Morgan fingerprint density at radius 3 is 1.17 bits per heavy atom. The van der Waals surface area contributed by atoms with E-state index in [0.717, 1.165) is 99.7 Å². The molecule has 2 aromatic heterocycles. The Morgan fingerprint density at radius 2 is 0.796 bits per heavy atom. The van der Waals surface area contributed by atoms with Crippen molar-refractivity contribution in [1.82, 2.24) is 9.97 Å². The van der Waals surface area contributed by atoms with Gasteiger partial charge >= 0.3 is 0 Å². The molecule has 2 aliphatic rings. The van der Waals surface area contributed by atoms with E-state index in [0.29, 0.717) is 10.6 Å². The third kappa shape index (κ3) is 5.21. The molecule has 2 aliphatic heterocycles. The topological polar surface area (TPSA) is 63.2 Å². The summed E-state index contributed by atoms with van der Waals surface area (Å²) in [5, 5.41) is 4.46. The fourth-order valence-electron chi connectivity index (χ4n) is 8.43. The minimum absolute atomic E-state index is 0.712. The third-order valence-corrected chi connectivity index (χ3v) is 16.9. The molecule has 5 nitrogen and oxygen atoms in total. The Morgan fingerprint density at radius 1 is 0.407 bits per heavy atom. The Kier molecular flexibility index (Phi) is 7.87. The summed E-state index contributed by atoms with van der Waals surface area (Å²) in [6.45, 7) is 14.3. The van der Waals surface area contributed by atoms with Crippen molar-refractivity contribution in [2.45, 2.75) is 48.5 Å². The largest absolute Gasteiger partial charge is 0.308 e. The number of aromatic nitrogens is 2. The zero-order chi connectivity index (χ0) is 37.7. The highest BCUT2D eigenvalue weighted by Crippen LogP contribution is 2.61. The van der Waals surface area contributed by atoms with Crippen molar-refractivity contribution in [3.8, 4) is 22.5 Å². The molecule has 2 atom stereocenters. The van der Waals surface area contributed by atoms with Crippen LogP contribution in [0.15, 0.2) is 122 Å². The van der Waals surface area contributed by atoms with E-state index in [1.165, 1.54) is 0 Å². The number of fused-ring (bicyclic) bond motifs is 4. The summed E-state index contributed by atoms with van der Waals surface area (Å²) in [5.74, 6) is 0. The van der Waals surface area contributed by atoms with Gasteiger partial charge in [-0.2, -0.15) is 0 Å². The number of hydrogen-bond donors (Lipinski definition) is 0. The smallest absolute Gasteiger partial charge is 0.175 e. The molecule has 0 aliphatic carbocycles. The molecule has 0 bridgehead atoms. The summed E-state index contributed by atoms with van der Waals surface area (Å²) >= 11 is 0. The maximum Gasteiger partial charge on any atom is 0.175 e. The minimum Gasteiger partial charge on any atom is -0.308 e. The van der Waals surface area contributed by atoms with Crippen LogP contribution in [0.4, 0.5) is 17.1 Å². The molecule has 9 rings (SSSR count). The first-order chi connectivity index (χ1) is 25.8. The predicted octanol–water partition coefficient (Wildman–Crippen LogP) is 9.34. The van der Waals surface area contributed by atoms with Crippen molar-refractivity contribution in [3.63, 3.8) is 0 Å². The molecule has 0 radical (unpaired) electrons. The van der Waals surface area contributed by atoms with Gasteiger partial charge < -0.3 is 14.0 Å². The van der Waals surface area contributed by atoms with Crippen molar-refractivity contribution < 1.29 is 9.13 Å². The normalized spacial score (nSPS) is 18.2. The molecule has 0 spiro atoms. The average molecular weight is 742 g/mol. The van der Waals surface area contributed by atoms with Crippen molar-refractivity contribution in [2.75, 3.05) is 4.90 Å². The molecule has 0 amide bonds. The lowest BCUT2D eigenvalue weighted by molar-refractivity contribution is 0.592. The molecule has 0 saturated heterocycles. The molecule has 54 heavy (non-hydrogen) atoms. The molecule has 5 aromatic carbocycles. The van der Waals surface area contributed by atoms with E-state index in [1.54, 1.807) is 0 Å². The van der Waals surface area contributed by atoms with Crippen LogP contribution in [0.2, 0.25) is 0 Å². The summed E-state index contributed by atoms with van der Waals surface area (Å²) in [6.07, 6.45) is 3.74. The Labute approximate surface area is 317 Å². The standard InChI is InChI=1S/C47H41N3O2P2/c1-28-8-12-39(48-26-28)35-10-14-41-43(24-35)53(51,37-18-30(3)16-31(4)19-37)45-22-34(7)23-46-47(45)50(41)42-15-11-36(40-13-9-29(2)27-49-40)25-44(42)54(46,52)38-20-32(5)17-33(6)21-38/h8-27H,1-7H3. The monoisotopic (exact) mass is 741 g/mol. The number of rotatable bonds is 4. The quantitative estimate of drug-likeness (QED) is 0.168. The van der Waals surface area contributed by atoms with Gasteiger partial charge in [0.2, 0.25) is 0 Å². The van der Waals surface area contributed by atoms with Crippen molar-refractivity contribution in [3.05, 3.63) is 161 Å². The van der Waals surface area contributed by atoms with Crippen molar-refractivity contribution in [2.24, 2.45) is 0 Å². The molecule has 0 fully saturated rings. The maximum atomic E-state index is 16.7. The number of nitrogens with zero attached hydrogens (tertiary/aromatic N) is 3. The molecule has 0 saturated carbocycles. The molecule has 2 unspecified atom stereocenters. The lowest BCUT2D eigenvalue weighted by atomic mass is 10.1. The van der Waals surface area contributed by atoms with Gasteiger partial charge in [-0.15, -0.1) is 0 Å². The molecule has 7 heteroatoms. The van der Waals surface area contributed by atoms with Crippen LogP contribution in [0.1, 0.15) is 38.9 Å². The number of benzene rings is 5. The second-order valence-corrected chi connectivity index (χ2v) is 20.6. The van der Waals surface area contributed by atoms with E-state index < -0.39 is 14.3 Å². The van der Waals surface area contributed by atoms with Crippen LogP contribution in [0.25, 0.3) is 22.5 Å². The molecule has 266 valence electrons. The predicted molar refractivity (Wildman–Crippen MR) is 227 cm³/mol. The fraction of sp³-hybridized carbons (Fsp3) is 0.149. The lowest BCUT2D eigenvalue weighted by Crippen LogP contribution is -2.46. The number of hydrogen-bond acceptors (Lipinski definition) is 5. The summed E-state index contributed by atoms with van der Waals surface area (Å²) in [5.41, 5.74) is 13.1. The van der Waals surface area contributed by atoms with E-state index in [-0.39, 0.29) is 0 Å². The van der Waals surface area contributed by atoms with Gasteiger partial charge in [-0.05, 0) is 138 Å². The Bertz CT molecular complexity index is 2580. The van der Waals surface area contributed by atoms with Crippen LogP contribution in [0.3, 0.4) is 0 Å². The highest BCUT2D eigenvalue weighted by molar-refractivity contribution is 7.88. The van der Waals surface area contributed by atoms with Gasteiger partial charge in [0.1, 0.15) is 0 Å². The van der Waals surface area contributed by atoms with Crippen LogP contribution in [0.5, 0.6) is 0 Å². The highest BCUT2D eigenvalue weighted by atomic mass is 31.2. The van der Waals surface area contributed by atoms with Crippen LogP contribution < -0.4 is 36.7 Å². The van der Waals surface area contributed by atoms with E-state index in [1.807, 2.05) is 45.3 Å². The van der Waals surface area contributed by atoms with Crippen LogP contribution in [-0.4, -0.2) is 9.97 Å². The van der Waals surface area contributed by atoms with Gasteiger partial charge in [-0.25, -0.2) is 0 Å². The van der Waals surface area contributed by atoms with Gasteiger partial charge in [-0.3, -0.25) is 9.97 Å². The molecule has 0 N–H and O–H groups in total. The van der Waals surface area contributed by atoms with Crippen molar-refractivity contribution in [1.29, 1.82) is 0 Å². The van der Waals surface area contributed by atoms with Gasteiger partial charge in [0.25, 0.3) is 0 Å². The first kappa shape index (κ1) is 34.4. The zero-order valence-corrected chi connectivity index (χ0v) is 33.4. The van der Waals surface area contributed by atoms with Gasteiger partial charge in [-0.1, -0.05) is 58.7 Å². The molecule has 4 heterocycles. The minimum atomic E-state index is -3.57. The third-order valence-electron chi connectivity index (χ3n) is 10.8. The van der Waals surface area contributed by atoms with Crippen LogP contribution >= 0.6 is 14.3 Å². The molecular formula is C47H41N3O2P2. The van der Waals surface area contributed by atoms with Gasteiger partial charge in [0, 0.05) is 55.3 Å².